The van der Waals surface area contributed by atoms with Gasteiger partial charge in [-0.15, -0.1) is 0 Å². The van der Waals surface area contributed by atoms with E-state index in [1.165, 1.54) is 10.8 Å². The Morgan fingerprint density at radius 2 is 1.02 bits per heavy atom. The first-order valence-electron chi connectivity index (χ1n) is 13.8. The minimum atomic E-state index is 0.663. The number of nitrogens with zero attached hydrogens (tertiary/aromatic N) is 2. The predicted molar refractivity (Wildman–Crippen MR) is 174 cm³/mol. The summed E-state index contributed by atoms with van der Waals surface area (Å²) in [5, 5.41) is 17.3. The van der Waals surface area contributed by atoms with Gasteiger partial charge in [0.05, 0.1) is 11.3 Å². The van der Waals surface area contributed by atoms with Crippen LogP contribution in [0.3, 0.4) is 0 Å². The lowest BCUT2D eigenvalue weighted by atomic mass is 9.92. The van der Waals surface area contributed by atoms with Crippen molar-refractivity contribution in [3.8, 4) is 6.07 Å². The Bertz CT molecular complexity index is 2060. The molecule has 0 radical (unpaired) electrons. The average molecular weight is 523 g/mol. The van der Waals surface area contributed by atoms with E-state index in [1.54, 1.807) is 0 Å². The molecule has 0 amide bonds. The number of nitriles is 1. The van der Waals surface area contributed by atoms with E-state index in [2.05, 4.69) is 132 Å². The number of para-hydroxylation sites is 2. The average Bonchev–Trinajstić information content (AvgIpc) is 3.05. The van der Waals surface area contributed by atoms with E-state index >= 15 is 0 Å². The van der Waals surface area contributed by atoms with Gasteiger partial charge in [-0.05, 0) is 69.1 Å². The summed E-state index contributed by atoms with van der Waals surface area (Å²) in [6, 6.07) is 52.9. The van der Waals surface area contributed by atoms with Crippen molar-refractivity contribution in [3.05, 3.63) is 162 Å². The lowest BCUT2D eigenvalue weighted by Gasteiger charge is -2.28. The van der Waals surface area contributed by atoms with Crippen LogP contribution in [0.15, 0.2) is 146 Å². The van der Waals surface area contributed by atoms with Crippen LogP contribution in [-0.4, -0.2) is 0 Å². The van der Waals surface area contributed by atoms with Crippen LogP contribution in [0.5, 0.6) is 0 Å². The van der Waals surface area contributed by atoms with Crippen molar-refractivity contribution in [2.75, 3.05) is 4.90 Å². The zero-order chi connectivity index (χ0) is 27.6. The van der Waals surface area contributed by atoms with E-state index in [0.29, 0.717) is 5.56 Å². The van der Waals surface area contributed by atoms with Crippen molar-refractivity contribution >= 4 is 61.5 Å². The molecule has 7 rings (SSSR count). The molecular weight excluding hydrogens is 496 g/mol. The second-order valence-electron chi connectivity index (χ2n) is 10.1. The molecule has 0 saturated carbocycles. The number of hydrogen-bond donors (Lipinski definition) is 0. The molecule has 2 heteroatoms. The second kappa shape index (κ2) is 10.5. The summed E-state index contributed by atoms with van der Waals surface area (Å²) in [7, 11) is 0. The maximum atomic E-state index is 10.6. The molecule has 0 atom stereocenters. The third kappa shape index (κ3) is 4.50. The summed E-state index contributed by atoms with van der Waals surface area (Å²) in [6.07, 6.45) is 4.31. The molecule has 0 bridgehead atoms. The molecule has 0 saturated heterocycles. The van der Waals surface area contributed by atoms with Crippen LogP contribution in [0.2, 0.25) is 0 Å². The molecule has 0 spiro atoms. The zero-order valence-electron chi connectivity index (χ0n) is 22.4. The Labute approximate surface area is 239 Å². The van der Waals surface area contributed by atoms with Gasteiger partial charge >= 0.3 is 0 Å². The molecule has 192 valence electrons. The standard InChI is InChI=1S/C39H26N2/c40-27-38-35-24-22-29(20-19-28-21-23-30-11-7-8-12-31(30)25-28)26-37(35)34-17-9-10-18-36(34)39(38)41(32-13-3-1-4-14-32)33-15-5-2-6-16-33/h1-26H/b20-19+. The molecule has 0 N–H and O–H groups in total. The molecule has 7 aromatic rings. The molecule has 0 aromatic heterocycles. The minimum Gasteiger partial charge on any atom is -0.309 e. The Morgan fingerprint density at radius 3 is 1.71 bits per heavy atom. The summed E-state index contributed by atoms with van der Waals surface area (Å²) in [6.45, 7) is 0. The first-order valence-corrected chi connectivity index (χ1v) is 13.8. The molecule has 0 heterocycles. The van der Waals surface area contributed by atoms with Crippen molar-refractivity contribution < 1.29 is 0 Å². The largest absolute Gasteiger partial charge is 0.309 e. The lowest BCUT2D eigenvalue weighted by molar-refractivity contribution is 1.29. The Morgan fingerprint density at radius 1 is 0.463 bits per heavy atom. The molecule has 0 unspecified atom stereocenters. The summed E-state index contributed by atoms with van der Waals surface area (Å²) in [5.74, 6) is 0. The third-order valence-corrected chi connectivity index (χ3v) is 7.63. The van der Waals surface area contributed by atoms with Crippen molar-refractivity contribution in [1.29, 1.82) is 5.26 Å². The molecule has 0 aliphatic heterocycles. The highest BCUT2D eigenvalue weighted by molar-refractivity contribution is 6.18. The number of rotatable bonds is 5. The maximum Gasteiger partial charge on any atom is 0.102 e. The quantitative estimate of drug-likeness (QED) is 0.166. The van der Waals surface area contributed by atoms with Crippen LogP contribution in [0, 0.1) is 11.3 Å². The van der Waals surface area contributed by atoms with Crippen molar-refractivity contribution in [2.24, 2.45) is 0 Å². The second-order valence-corrected chi connectivity index (χ2v) is 10.1. The van der Waals surface area contributed by atoms with Gasteiger partial charge in [-0.3, -0.25) is 0 Å². The first-order chi connectivity index (χ1) is 20.3. The SMILES string of the molecule is N#Cc1c(N(c2ccccc2)c2ccccc2)c2ccccc2c2cc(/C=C/c3ccc4ccccc4c3)ccc12. The highest BCUT2D eigenvalue weighted by Crippen LogP contribution is 2.44. The van der Waals surface area contributed by atoms with Crippen LogP contribution >= 0.6 is 0 Å². The minimum absolute atomic E-state index is 0.663. The monoisotopic (exact) mass is 522 g/mol. The van der Waals surface area contributed by atoms with Crippen LogP contribution in [-0.2, 0) is 0 Å². The molecule has 0 aliphatic rings. The zero-order valence-corrected chi connectivity index (χ0v) is 22.4. The highest BCUT2D eigenvalue weighted by Gasteiger charge is 2.22. The normalized spacial score (nSPS) is 11.3. The molecule has 2 nitrogen and oxygen atoms in total. The van der Waals surface area contributed by atoms with Crippen LogP contribution < -0.4 is 4.90 Å². The molecule has 7 aromatic carbocycles. The molecule has 0 aliphatic carbocycles. The highest BCUT2D eigenvalue weighted by atomic mass is 15.1. The fourth-order valence-electron chi connectivity index (χ4n) is 5.70. The van der Waals surface area contributed by atoms with E-state index in [1.807, 2.05) is 36.4 Å². The van der Waals surface area contributed by atoms with Gasteiger partial charge in [-0.1, -0.05) is 121 Å². The molecule has 0 fully saturated rings. The van der Waals surface area contributed by atoms with E-state index in [4.69, 9.17) is 0 Å². The van der Waals surface area contributed by atoms with Crippen molar-refractivity contribution in [3.63, 3.8) is 0 Å². The van der Waals surface area contributed by atoms with Gasteiger partial charge in [0.15, 0.2) is 0 Å². The van der Waals surface area contributed by atoms with Gasteiger partial charge in [0.1, 0.15) is 6.07 Å². The molecule has 41 heavy (non-hydrogen) atoms. The van der Waals surface area contributed by atoms with Crippen molar-refractivity contribution in [2.45, 2.75) is 0 Å². The van der Waals surface area contributed by atoms with Crippen LogP contribution in [0.1, 0.15) is 16.7 Å². The third-order valence-electron chi connectivity index (χ3n) is 7.63. The Kier molecular flexibility index (Phi) is 6.24. The molecular formula is C39H26N2. The fraction of sp³-hybridized carbons (Fsp3) is 0. The number of anilines is 3. The topological polar surface area (TPSA) is 27.0 Å². The van der Waals surface area contributed by atoms with Gasteiger partial charge in [0.2, 0.25) is 0 Å². The van der Waals surface area contributed by atoms with Gasteiger partial charge < -0.3 is 4.90 Å². The van der Waals surface area contributed by atoms with E-state index < -0.39 is 0 Å². The van der Waals surface area contributed by atoms with Gasteiger partial charge in [-0.25, -0.2) is 0 Å². The summed E-state index contributed by atoms with van der Waals surface area (Å²) >= 11 is 0. The van der Waals surface area contributed by atoms with E-state index in [9.17, 15) is 5.26 Å². The van der Waals surface area contributed by atoms with Gasteiger partial charge in [-0.2, -0.15) is 5.26 Å². The number of benzene rings is 7. The first kappa shape index (κ1) is 24.4. The number of hydrogen-bond acceptors (Lipinski definition) is 2. The Balaban J connectivity index is 1.42. The van der Waals surface area contributed by atoms with E-state index in [-0.39, 0.29) is 0 Å². The van der Waals surface area contributed by atoms with E-state index in [0.717, 1.165) is 49.7 Å². The fourth-order valence-corrected chi connectivity index (χ4v) is 5.70. The maximum absolute atomic E-state index is 10.6. The Hall–Kier alpha value is -5.65. The van der Waals surface area contributed by atoms with Gasteiger partial charge in [0.25, 0.3) is 0 Å². The summed E-state index contributed by atoms with van der Waals surface area (Å²) in [4.78, 5) is 2.20. The predicted octanol–water partition coefficient (Wildman–Crippen LogP) is 10.7. The van der Waals surface area contributed by atoms with Crippen molar-refractivity contribution in [1.82, 2.24) is 0 Å². The lowest BCUT2D eigenvalue weighted by Crippen LogP contribution is -2.12. The smallest absolute Gasteiger partial charge is 0.102 e. The van der Waals surface area contributed by atoms with Crippen LogP contribution in [0.4, 0.5) is 17.1 Å². The summed E-state index contributed by atoms with van der Waals surface area (Å²) < 4.78 is 0. The van der Waals surface area contributed by atoms with Gasteiger partial charge in [0, 0.05) is 22.1 Å². The summed E-state index contributed by atoms with van der Waals surface area (Å²) in [5.41, 5.74) is 5.83. The number of fused-ring (bicyclic) bond motifs is 4. The van der Waals surface area contributed by atoms with Crippen LogP contribution in [0.25, 0.3) is 44.5 Å².